The van der Waals surface area contributed by atoms with Crippen LogP contribution in [-0.4, -0.2) is 50.7 Å². The van der Waals surface area contributed by atoms with Gasteiger partial charge in [0.15, 0.2) is 0 Å². The number of hydrogen-bond acceptors (Lipinski definition) is 3. The third kappa shape index (κ3) is 3.50. The number of amides is 1. The highest BCUT2D eigenvalue weighted by Crippen LogP contribution is 2.23. The Hall–Kier alpha value is -1.40. The Morgan fingerprint density at radius 2 is 1.59 bits per heavy atom. The van der Waals surface area contributed by atoms with Crippen LogP contribution in [0.25, 0.3) is 0 Å². The van der Waals surface area contributed by atoms with Crippen LogP contribution in [0.5, 0.6) is 0 Å². The molecular formula is C16H24N2O3S. The zero-order chi connectivity index (χ0) is 16.5. The fourth-order valence-electron chi connectivity index (χ4n) is 2.99. The first kappa shape index (κ1) is 17.0. The number of benzene rings is 1. The highest BCUT2D eigenvalue weighted by molar-refractivity contribution is 7.89. The van der Waals surface area contributed by atoms with E-state index < -0.39 is 10.0 Å². The summed E-state index contributed by atoms with van der Waals surface area (Å²) < 4.78 is 25.2. The minimum absolute atomic E-state index is 0.0211. The number of nitrogens with zero attached hydrogens (tertiary/aromatic N) is 2. The number of hydrogen-bond donors (Lipinski definition) is 0. The number of likely N-dealkylation sites (tertiary alicyclic amines) is 1. The minimum atomic E-state index is -3.45. The molecule has 0 N–H and O–H groups in total. The highest BCUT2D eigenvalue weighted by Gasteiger charge is 2.26. The first-order valence-corrected chi connectivity index (χ1v) is 8.97. The standard InChI is InChI=1S/C16H24N2O3S/c1-12-9-13(2)11-18(10-12)16(19)14-5-7-15(8-6-14)22(20,21)17(3)4/h5-8,12-13H,9-11H2,1-4H3/t12-,13+. The molecule has 1 aromatic rings. The second-order valence-corrected chi connectivity index (χ2v) is 8.62. The maximum absolute atomic E-state index is 12.6. The molecule has 1 aliphatic rings. The van der Waals surface area contributed by atoms with Gasteiger partial charge in [-0.15, -0.1) is 0 Å². The van der Waals surface area contributed by atoms with Crippen LogP contribution in [0.2, 0.25) is 0 Å². The predicted octanol–water partition coefficient (Wildman–Crippen LogP) is 2.05. The summed E-state index contributed by atoms with van der Waals surface area (Å²) in [7, 11) is -0.471. The summed E-state index contributed by atoms with van der Waals surface area (Å²) in [6.07, 6.45) is 1.14. The van der Waals surface area contributed by atoms with Crippen molar-refractivity contribution in [1.82, 2.24) is 9.21 Å². The van der Waals surface area contributed by atoms with Crippen molar-refractivity contribution < 1.29 is 13.2 Å². The van der Waals surface area contributed by atoms with Gasteiger partial charge in [0, 0.05) is 32.7 Å². The number of rotatable bonds is 3. The molecule has 6 heteroatoms. The van der Waals surface area contributed by atoms with Crippen LogP contribution in [0.3, 0.4) is 0 Å². The van der Waals surface area contributed by atoms with Gasteiger partial charge in [-0.2, -0.15) is 0 Å². The topological polar surface area (TPSA) is 57.7 Å². The molecule has 0 aromatic heterocycles. The molecule has 1 amide bonds. The summed E-state index contributed by atoms with van der Waals surface area (Å²) in [5.74, 6) is 0.981. The van der Waals surface area contributed by atoms with E-state index in [1.165, 1.54) is 26.2 Å². The average molecular weight is 324 g/mol. The summed E-state index contributed by atoms with van der Waals surface area (Å²) in [5.41, 5.74) is 0.541. The molecule has 1 heterocycles. The van der Waals surface area contributed by atoms with E-state index in [-0.39, 0.29) is 10.8 Å². The number of piperidine rings is 1. The SMILES string of the molecule is C[C@@H]1C[C@H](C)CN(C(=O)c2ccc(S(=O)(=O)N(C)C)cc2)C1. The van der Waals surface area contributed by atoms with Crippen LogP contribution in [0, 0.1) is 11.8 Å². The molecule has 0 spiro atoms. The first-order chi connectivity index (χ1) is 10.2. The zero-order valence-electron chi connectivity index (χ0n) is 13.6. The monoisotopic (exact) mass is 324 g/mol. The minimum Gasteiger partial charge on any atom is -0.338 e. The Bertz CT molecular complexity index is 628. The second kappa shape index (κ2) is 6.38. The van der Waals surface area contributed by atoms with Gasteiger partial charge in [0.2, 0.25) is 10.0 Å². The average Bonchev–Trinajstić information content (AvgIpc) is 2.45. The molecule has 1 aromatic carbocycles. The van der Waals surface area contributed by atoms with Gasteiger partial charge in [-0.05, 0) is 42.5 Å². The molecule has 2 atom stereocenters. The Kier molecular flexibility index (Phi) is 4.92. The van der Waals surface area contributed by atoms with Crippen molar-refractivity contribution in [3.05, 3.63) is 29.8 Å². The molecule has 22 heavy (non-hydrogen) atoms. The summed E-state index contributed by atoms with van der Waals surface area (Å²) >= 11 is 0. The smallest absolute Gasteiger partial charge is 0.253 e. The summed E-state index contributed by atoms with van der Waals surface area (Å²) in [6, 6.07) is 6.20. The van der Waals surface area contributed by atoms with E-state index in [0.29, 0.717) is 17.4 Å². The second-order valence-electron chi connectivity index (χ2n) is 6.47. The molecule has 0 saturated carbocycles. The van der Waals surface area contributed by atoms with Gasteiger partial charge >= 0.3 is 0 Å². The van der Waals surface area contributed by atoms with Gasteiger partial charge in [-0.1, -0.05) is 13.8 Å². The van der Waals surface area contributed by atoms with E-state index in [1.54, 1.807) is 12.1 Å². The molecule has 0 aliphatic carbocycles. The van der Waals surface area contributed by atoms with Crippen LogP contribution < -0.4 is 0 Å². The Morgan fingerprint density at radius 3 is 2.05 bits per heavy atom. The lowest BCUT2D eigenvalue weighted by Gasteiger charge is -2.35. The fourth-order valence-corrected chi connectivity index (χ4v) is 3.89. The Balaban J connectivity index is 2.18. The Morgan fingerprint density at radius 1 is 1.09 bits per heavy atom. The molecule has 2 rings (SSSR count). The number of sulfonamides is 1. The molecule has 5 nitrogen and oxygen atoms in total. The lowest BCUT2D eigenvalue weighted by molar-refractivity contribution is 0.0623. The van der Waals surface area contributed by atoms with E-state index in [1.807, 2.05) is 4.90 Å². The van der Waals surface area contributed by atoms with Gasteiger partial charge in [0.05, 0.1) is 4.90 Å². The third-order valence-electron chi connectivity index (χ3n) is 4.04. The van der Waals surface area contributed by atoms with Gasteiger partial charge in [0.1, 0.15) is 0 Å². The third-order valence-corrected chi connectivity index (χ3v) is 5.87. The zero-order valence-corrected chi connectivity index (χ0v) is 14.4. The van der Waals surface area contributed by atoms with Crippen LogP contribution in [0.1, 0.15) is 30.6 Å². The van der Waals surface area contributed by atoms with E-state index in [0.717, 1.165) is 23.8 Å². The molecular weight excluding hydrogens is 300 g/mol. The van der Waals surface area contributed by atoms with E-state index in [4.69, 9.17) is 0 Å². The Labute approximate surface area is 133 Å². The van der Waals surface area contributed by atoms with E-state index in [2.05, 4.69) is 13.8 Å². The molecule has 0 unspecified atom stereocenters. The molecule has 1 aliphatic heterocycles. The van der Waals surface area contributed by atoms with Crippen LogP contribution in [-0.2, 0) is 10.0 Å². The quantitative estimate of drug-likeness (QED) is 0.855. The van der Waals surface area contributed by atoms with Crippen molar-refractivity contribution in [2.45, 2.75) is 25.2 Å². The maximum Gasteiger partial charge on any atom is 0.253 e. The van der Waals surface area contributed by atoms with Gasteiger partial charge < -0.3 is 4.90 Å². The van der Waals surface area contributed by atoms with Crippen molar-refractivity contribution in [3.63, 3.8) is 0 Å². The van der Waals surface area contributed by atoms with Crippen molar-refractivity contribution in [3.8, 4) is 0 Å². The van der Waals surface area contributed by atoms with Crippen molar-refractivity contribution in [1.29, 1.82) is 0 Å². The van der Waals surface area contributed by atoms with Gasteiger partial charge in [-0.25, -0.2) is 12.7 Å². The number of carbonyl (C=O) groups is 1. The van der Waals surface area contributed by atoms with Crippen LogP contribution in [0.15, 0.2) is 29.2 Å². The van der Waals surface area contributed by atoms with E-state index in [9.17, 15) is 13.2 Å². The normalized spacial score (nSPS) is 22.9. The highest BCUT2D eigenvalue weighted by atomic mass is 32.2. The van der Waals surface area contributed by atoms with E-state index >= 15 is 0 Å². The van der Waals surface area contributed by atoms with Crippen molar-refractivity contribution in [2.75, 3.05) is 27.2 Å². The summed E-state index contributed by atoms with van der Waals surface area (Å²) in [5, 5.41) is 0. The van der Waals surface area contributed by atoms with Crippen molar-refractivity contribution in [2.24, 2.45) is 11.8 Å². The molecule has 0 radical (unpaired) electrons. The molecule has 1 fully saturated rings. The van der Waals surface area contributed by atoms with Crippen LogP contribution >= 0.6 is 0 Å². The first-order valence-electron chi connectivity index (χ1n) is 7.53. The summed E-state index contributed by atoms with van der Waals surface area (Å²) in [4.78, 5) is 14.6. The maximum atomic E-state index is 12.6. The molecule has 1 saturated heterocycles. The molecule has 0 bridgehead atoms. The largest absolute Gasteiger partial charge is 0.338 e. The molecule has 122 valence electrons. The lowest BCUT2D eigenvalue weighted by atomic mass is 9.91. The number of carbonyl (C=O) groups excluding carboxylic acids is 1. The van der Waals surface area contributed by atoms with Crippen LogP contribution in [0.4, 0.5) is 0 Å². The van der Waals surface area contributed by atoms with Gasteiger partial charge in [0.25, 0.3) is 5.91 Å². The predicted molar refractivity (Wildman–Crippen MR) is 86.2 cm³/mol. The van der Waals surface area contributed by atoms with Crippen molar-refractivity contribution >= 4 is 15.9 Å². The van der Waals surface area contributed by atoms with Gasteiger partial charge in [-0.3, -0.25) is 4.79 Å². The summed E-state index contributed by atoms with van der Waals surface area (Å²) in [6.45, 7) is 5.84. The fraction of sp³-hybridized carbons (Fsp3) is 0.562. The lowest BCUT2D eigenvalue weighted by Crippen LogP contribution is -2.42.